The number of nitrogens with zero attached hydrogens (tertiary/aromatic N) is 2. The van der Waals surface area contributed by atoms with E-state index in [0.717, 1.165) is 18.6 Å². The van der Waals surface area contributed by atoms with Gasteiger partial charge in [0.05, 0.1) is 32.6 Å². The molecule has 0 unspecified atom stereocenters. The van der Waals surface area contributed by atoms with Gasteiger partial charge in [0.1, 0.15) is 0 Å². The van der Waals surface area contributed by atoms with Crippen LogP contribution in [0.3, 0.4) is 0 Å². The van der Waals surface area contributed by atoms with Crippen LogP contribution in [0.25, 0.3) is 0 Å². The maximum atomic E-state index is 11.1. The van der Waals surface area contributed by atoms with Crippen LogP contribution in [-0.4, -0.2) is 35.6 Å². The number of nitrogens with one attached hydrogen (secondary N) is 1. The number of amides is 1. The van der Waals surface area contributed by atoms with Gasteiger partial charge in [-0.1, -0.05) is 0 Å². The van der Waals surface area contributed by atoms with Crippen molar-refractivity contribution in [2.24, 2.45) is 0 Å². The second-order valence-electron chi connectivity index (χ2n) is 3.79. The molecule has 6 heteroatoms. The van der Waals surface area contributed by atoms with Gasteiger partial charge in [0, 0.05) is 24.2 Å². The zero-order valence-electron chi connectivity index (χ0n) is 9.94. The van der Waals surface area contributed by atoms with E-state index in [9.17, 15) is 4.79 Å². The number of rotatable bonds is 4. The van der Waals surface area contributed by atoms with Gasteiger partial charge in [-0.3, -0.25) is 4.68 Å². The van der Waals surface area contributed by atoms with Crippen LogP contribution in [0.1, 0.15) is 18.2 Å². The molecule has 2 rings (SSSR count). The Morgan fingerprint density at radius 3 is 3.41 bits per heavy atom. The second kappa shape index (κ2) is 5.67. The van der Waals surface area contributed by atoms with Gasteiger partial charge >= 0.3 is 6.09 Å². The van der Waals surface area contributed by atoms with Crippen molar-refractivity contribution in [3.63, 3.8) is 0 Å². The van der Waals surface area contributed by atoms with Crippen molar-refractivity contribution in [2.45, 2.75) is 26.5 Å². The molecule has 6 nitrogen and oxygen atoms in total. The molecule has 0 spiro atoms. The maximum Gasteiger partial charge on any atom is 0.407 e. The lowest BCUT2D eigenvalue weighted by molar-refractivity contribution is 0.108. The minimum absolute atomic E-state index is 0.378. The Kier molecular flexibility index (Phi) is 3.98. The Morgan fingerprint density at radius 2 is 2.59 bits per heavy atom. The molecule has 1 amide bonds. The molecule has 0 fully saturated rings. The van der Waals surface area contributed by atoms with Crippen LogP contribution in [0, 0.1) is 0 Å². The van der Waals surface area contributed by atoms with E-state index >= 15 is 0 Å². The van der Waals surface area contributed by atoms with Crippen LogP contribution in [0.15, 0.2) is 6.20 Å². The Morgan fingerprint density at radius 1 is 1.71 bits per heavy atom. The lowest BCUT2D eigenvalue weighted by Crippen LogP contribution is -2.29. The fourth-order valence-electron chi connectivity index (χ4n) is 1.85. The summed E-state index contributed by atoms with van der Waals surface area (Å²) in [4.78, 5) is 11.1. The van der Waals surface area contributed by atoms with Crippen LogP contribution in [0.2, 0.25) is 0 Å². The topological polar surface area (TPSA) is 65.4 Å². The van der Waals surface area contributed by atoms with Crippen LogP contribution >= 0.6 is 0 Å². The molecular weight excluding hydrogens is 222 g/mol. The number of aromatic nitrogens is 2. The molecule has 2 heterocycles. The highest BCUT2D eigenvalue weighted by atomic mass is 16.5. The minimum atomic E-state index is -0.378. The molecular formula is C11H17N3O3. The first-order valence-corrected chi connectivity index (χ1v) is 5.83. The summed E-state index contributed by atoms with van der Waals surface area (Å²) in [5.74, 6) is 0. The average Bonchev–Trinajstić information content (AvgIpc) is 2.73. The maximum absolute atomic E-state index is 11.1. The SMILES string of the molecule is CCOC(=O)NCCn1ncc2c1CCOC2. The van der Waals surface area contributed by atoms with Crippen LogP contribution in [0.5, 0.6) is 0 Å². The standard InChI is InChI=1S/C11H17N3O3/c1-2-17-11(15)12-4-5-14-10-3-6-16-8-9(10)7-13-14/h7H,2-6,8H2,1H3,(H,12,15). The number of alkyl carbamates (subject to hydrolysis) is 1. The molecule has 0 atom stereocenters. The molecule has 0 saturated heterocycles. The van der Waals surface area contributed by atoms with Crippen molar-refractivity contribution in [1.29, 1.82) is 0 Å². The number of carbonyl (C=O) groups excluding carboxylic acids is 1. The predicted molar refractivity (Wildman–Crippen MR) is 60.6 cm³/mol. The lowest BCUT2D eigenvalue weighted by atomic mass is 10.2. The van der Waals surface area contributed by atoms with Crippen LogP contribution < -0.4 is 5.32 Å². The summed E-state index contributed by atoms with van der Waals surface area (Å²) in [6.07, 6.45) is 2.34. The summed E-state index contributed by atoms with van der Waals surface area (Å²) < 4.78 is 12.0. The third-order valence-electron chi connectivity index (χ3n) is 2.64. The van der Waals surface area contributed by atoms with E-state index in [1.54, 1.807) is 6.92 Å². The Bertz CT molecular complexity index is 389. The minimum Gasteiger partial charge on any atom is -0.450 e. The van der Waals surface area contributed by atoms with Gasteiger partial charge in [-0.05, 0) is 6.92 Å². The molecule has 0 aliphatic carbocycles. The first kappa shape index (κ1) is 11.9. The number of hydrogen-bond acceptors (Lipinski definition) is 4. The van der Waals surface area contributed by atoms with Crippen molar-refractivity contribution in [3.8, 4) is 0 Å². The van der Waals surface area contributed by atoms with Crippen LogP contribution in [0.4, 0.5) is 4.79 Å². The molecule has 17 heavy (non-hydrogen) atoms. The molecule has 1 aliphatic heterocycles. The van der Waals surface area contributed by atoms with E-state index in [4.69, 9.17) is 9.47 Å². The summed E-state index contributed by atoms with van der Waals surface area (Å²) in [6.45, 7) is 4.73. The summed E-state index contributed by atoms with van der Waals surface area (Å²) in [6, 6.07) is 0. The third kappa shape index (κ3) is 2.97. The van der Waals surface area contributed by atoms with E-state index in [1.807, 2.05) is 10.9 Å². The Balaban J connectivity index is 1.83. The van der Waals surface area contributed by atoms with Crippen molar-refractivity contribution in [1.82, 2.24) is 15.1 Å². The van der Waals surface area contributed by atoms with Gasteiger partial charge in [-0.2, -0.15) is 5.10 Å². The van der Waals surface area contributed by atoms with Gasteiger partial charge in [0.15, 0.2) is 0 Å². The third-order valence-corrected chi connectivity index (χ3v) is 2.64. The van der Waals surface area contributed by atoms with Crippen molar-refractivity contribution in [3.05, 3.63) is 17.5 Å². The van der Waals surface area contributed by atoms with Gasteiger partial charge in [-0.15, -0.1) is 0 Å². The zero-order chi connectivity index (χ0) is 12.1. The molecule has 1 N–H and O–H groups in total. The zero-order valence-corrected chi connectivity index (χ0v) is 9.94. The molecule has 1 aromatic heterocycles. The largest absolute Gasteiger partial charge is 0.450 e. The Hall–Kier alpha value is -1.56. The second-order valence-corrected chi connectivity index (χ2v) is 3.79. The molecule has 0 aromatic carbocycles. The van der Waals surface area contributed by atoms with E-state index in [1.165, 1.54) is 5.69 Å². The highest BCUT2D eigenvalue weighted by Crippen LogP contribution is 2.15. The summed E-state index contributed by atoms with van der Waals surface area (Å²) in [5.41, 5.74) is 2.36. The first-order valence-electron chi connectivity index (χ1n) is 5.83. The molecule has 94 valence electrons. The van der Waals surface area contributed by atoms with Crippen molar-refractivity contribution in [2.75, 3.05) is 19.8 Å². The number of carbonyl (C=O) groups is 1. The summed E-state index contributed by atoms with van der Waals surface area (Å²) in [5, 5.41) is 6.96. The highest BCUT2D eigenvalue weighted by Gasteiger charge is 2.14. The van der Waals surface area contributed by atoms with E-state index < -0.39 is 0 Å². The smallest absolute Gasteiger partial charge is 0.407 e. The fraction of sp³-hybridized carbons (Fsp3) is 0.636. The van der Waals surface area contributed by atoms with Gasteiger partial charge < -0.3 is 14.8 Å². The molecule has 1 aromatic rings. The normalized spacial score (nSPS) is 14.2. The van der Waals surface area contributed by atoms with Crippen molar-refractivity contribution < 1.29 is 14.3 Å². The fourth-order valence-corrected chi connectivity index (χ4v) is 1.85. The molecule has 0 saturated carbocycles. The first-order chi connectivity index (χ1) is 8.31. The van der Waals surface area contributed by atoms with E-state index in [2.05, 4.69) is 10.4 Å². The Labute approximate surface area is 99.9 Å². The van der Waals surface area contributed by atoms with Crippen molar-refractivity contribution >= 4 is 6.09 Å². The molecule has 1 aliphatic rings. The van der Waals surface area contributed by atoms with Gasteiger partial charge in [0.2, 0.25) is 0 Å². The number of ether oxygens (including phenoxy) is 2. The highest BCUT2D eigenvalue weighted by molar-refractivity contribution is 5.66. The lowest BCUT2D eigenvalue weighted by Gasteiger charge is -2.14. The monoisotopic (exact) mass is 239 g/mol. The quantitative estimate of drug-likeness (QED) is 0.840. The summed E-state index contributed by atoms with van der Waals surface area (Å²) in [7, 11) is 0. The van der Waals surface area contributed by atoms with E-state index in [-0.39, 0.29) is 6.09 Å². The average molecular weight is 239 g/mol. The van der Waals surface area contributed by atoms with Gasteiger partial charge in [-0.25, -0.2) is 4.79 Å². The predicted octanol–water partition coefficient (Wildman–Crippen LogP) is 0.702. The van der Waals surface area contributed by atoms with Crippen LogP contribution in [-0.2, 0) is 29.0 Å². The van der Waals surface area contributed by atoms with E-state index in [0.29, 0.717) is 26.3 Å². The molecule has 0 radical (unpaired) electrons. The summed E-state index contributed by atoms with van der Waals surface area (Å²) >= 11 is 0. The molecule has 0 bridgehead atoms. The number of hydrogen-bond donors (Lipinski definition) is 1. The van der Waals surface area contributed by atoms with Gasteiger partial charge in [0.25, 0.3) is 0 Å². The number of fused-ring (bicyclic) bond motifs is 1.